The molecular formula is C21H26FNO2S. The first kappa shape index (κ1) is 19.1. The van der Waals surface area contributed by atoms with E-state index in [2.05, 4.69) is 4.72 Å². The average Bonchev–Trinajstić information content (AvgIpc) is 2.90. The molecule has 0 aliphatic heterocycles. The largest absolute Gasteiger partial charge is 0.237 e. The van der Waals surface area contributed by atoms with Gasteiger partial charge in [0.2, 0.25) is 10.0 Å². The first-order valence-corrected chi connectivity index (χ1v) is 10.6. The van der Waals surface area contributed by atoms with Gasteiger partial charge in [0.25, 0.3) is 0 Å². The highest BCUT2D eigenvalue weighted by Gasteiger charge is 2.55. The topological polar surface area (TPSA) is 46.2 Å². The van der Waals surface area contributed by atoms with Crippen LogP contribution >= 0.6 is 0 Å². The number of rotatable bonds is 5. The summed E-state index contributed by atoms with van der Waals surface area (Å²) in [5.41, 5.74) is -0.236. The molecule has 0 aromatic heterocycles. The highest BCUT2D eigenvalue weighted by molar-refractivity contribution is 7.90. The Bertz CT molecular complexity index is 865. The fraction of sp³-hybridized carbons (Fsp3) is 0.429. The zero-order valence-corrected chi connectivity index (χ0v) is 16.3. The van der Waals surface area contributed by atoms with Gasteiger partial charge in [-0.2, -0.15) is 0 Å². The van der Waals surface area contributed by atoms with E-state index in [0.717, 1.165) is 11.1 Å². The summed E-state index contributed by atoms with van der Waals surface area (Å²) in [6.07, 6.45) is 1.44. The highest BCUT2D eigenvalue weighted by Crippen LogP contribution is 2.50. The molecule has 0 radical (unpaired) electrons. The van der Waals surface area contributed by atoms with E-state index in [1.807, 2.05) is 42.5 Å². The summed E-state index contributed by atoms with van der Waals surface area (Å²) >= 11 is 0. The summed E-state index contributed by atoms with van der Waals surface area (Å²) in [4.78, 5) is 0. The molecule has 2 aromatic carbocycles. The summed E-state index contributed by atoms with van der Waals surface area (Å²) in [6, 6.07) is 17.3. The van der Waals surface area contributed by atoms with Crippen LogP contribution in [0.5, 0.6) is 0 Å². The van der Waals surface area contributed by atoms with Crippen molar-refractivity contribution < 1.29 is 12.8 Å². The number of sulfonamides is 1. The molecule has 0 bridgehead atoms. The molecule has 26 heavy (non-hydrogen) atoms. The second-order valence-electron chi connectivity index (χ2n) is 7.63. The van der Waals surface area contributed by atoms with Gasteiger partial charge >= 0.3 is 0 Å². The van der Waals surface area contributed by atoms with E-state index in [1.165, 1.54) is 0 Å². The van der Waals surface area contributed by atoms with E-state index >= 15 is 4.39 Å². The molecule has 0 unspecified atom stereocenters. The predicted octanol–water partition coefficient (Wildman–Crippen LogP) is 4.79. The summed E-state index contributed by atoms with van der Waals surface area (Å²) in [5.74, 6) is 0. The predicted molar refractivity (Wildman–Crippen MR) is 104 cm³/mol. The lowest BCUT2D eigenvalue weighted by atomic mass is 9.81. The molecule has 0 spiro atoms. The van der Waals surface area contributed by atoms with E-state index in [9.17, 15) is 8.42 Å². The minimum absolute atomic E-state index is 0.314. The highest BCUT2D eigenvalue weighted by atomic mass is 32.2. The Balaban J connectivity index is 1.94. The van der Waals surface area contributed by atoms with E-state index in [0.29, 0.717) is 24.8 Å². The Morgan fingerprint density at radius 2 is 1.54 bits per heavy atom. The molecule has 1 saturated carbocycles. The van der Waals surface area contributed by atoms with Crippen LogP contribution in [-0.2, 0) is 15.7 Å². The Kier molecular flexibility index (Phi) is 4.97. The quantitative estimate of drug-likeness (QED) is 0.817. The SMILES string of the molecule is CC(C)S(=O)(=O)N[C@@]1(C)CCC[C@]1(F)c1ccc(-c2ccccc2)cc1. The lowest BCUT2D eigenvalue weighted by Gasteiger charge is -2.38. The van der Waals surface area contributed by atoms with Crippen LogP contribution in [0.3, 0.4) is 0 Å². The van der Waals surface area contributed by atoms with Crippen LogP contribution < -0.4 is 4.72 Å². The van der Waals surface area contributed by atoms with Crippen molar-refractivity contribution in [2.45, 2.75) is 56.5 Å². The van der Waals surface area contributed by atoms with Crippen molar-refractivity contribution in [2.24, 2.45) is 0 Å². The van der Waals surface area contributed by atoms with Crippen LogP contribution in [0.15, 0.2) is 54.6 Å². The Morgan fingerprint density at radius 3 is 2.12 bits per heavy atom. The van der Waals surface area contributed by atoms with Crippen LogP contribution in [0.2, 0.25) is 0 Å². The number of benzene rings is 2. The Hall–Kier alpha value is -1.72. The van der Waals surface area contributed by atoms with E-state index < -0.39 is 26.5 Å². The van der Waals surface area contributed by atoms with Crippen molar-refractivity contribution in [1.82, 2.24) is 4.72 Å². The van der Waals surface area contributed by atoms with Crippen LogP contribution in [0.25, 0.3) is 11.1 Å². The molecular weight excluding hydrogens is 349 g/mol. The number of nitrogens with one attached hydrogen (secondary N) is 1. The standard InChI is InChI=1S/C21H26FNO2S/c1-16(2)26(24,25)23-20(3)14-7-15-21(20,22)19-12-10-18(11-13-19)17-8-5-4-6-9-17/h4-6,8-13,16,23H,7,14-15H2,1-3H3/t20-,21-/m0/s1. The molecule has 140 valence electrons. The molecule has 0 heterocycles. The van der Waals surface area contributed by atoms with Crippen molar-refractivity contribution in [1.29, 1.82) is 0 Å². The van der Waals surface area contributed by atoms with Gasteiger partial charge in [0, 0.05) is 0 Å². The summed E-state index contributed by atoms with van der Waals surface area (Å²) < 4.78 is 43.5. The summed E-state index contributed by atoms with van der Waals surface area (Å²) in [5, 5.41) is -0.593. The fourth-order valence-corrected chi connectivity index (χ4v) is 4.87. The van der Waals surface area contributed by atoms with Crippen molar-refractivity contribution in [3.05, 3.63) is 60.2 Å². The summed E-state index contributed by atoms with van der Waals surface area (Å²) in [7, 11) is -3.56. The van der Waals surface area contributed by atoms with Gasteiger partial charge in [0.05, 0.1) is 10.8 Å². The first-order valence-electron chi connectivity index (χ1n) is 9.06. The van der Waals surface area contributed by atoms with Crippen LogP contribution in [0, 0.1) is 0 Å². The molecule has 0 amide bonds. The van der Waals surface area contributed by atoms with Crippen molar-refractivity contribution in [2.75, 3.05) is 0 Å². The van der Waals surface area contributed by atoms with Gasteiger partial charge in [0.1, 0.15) is 0 Å². The molecule has 0 saturated heterocycles. The second-order valence-corrected chi connectivity index (χ2v) is 9.86. The Morgan fingerprint density at radius 1 is 0.962 bits per heavy atom. The normalized spacial score (nSPS) is 26.3. The second kappa shape index (κ2) is 6.78. The van der Waals surface area contributed by atoms with Gasteiger partial charge in [-0.3, -0.25) is 0 Å². The lowest BCUT2D eigenvalue weighted by molar-refractivity contribution is 0.0814. The van der Waals surface area contributed by atoms with Gasteiger partial charge in [0.15, 0.2) is 5.67 Å². The molecule has 1 aliphatic rings. The maximum absolute atomic E-state index is 16.1. The molecule has 1 N–H and O–H groups in total. The number of halogens is 1. The van der Waals surface area contributed by atoms with Crippen molar-refractivity contribution >= 4 is 10.0 Å². The lowest BCUT2D eigenvalue weighted by Crippen LogP contribution is -2.56. The van der Waals surface area contributed by atoms with Gasteiger partial charge in [-0.25, -0.2) is 17.5 Å². The minimum atomic E-state index is -3.56. The number of hydrogen-bond acceptors (Lipinski definition) is 2. The zero-order valence-electron chi connectivity index (χ0n) is 15.5. The Labute approximate surface area is 155 Å². The van der Waals surface area contributed by atoms with E-state index in [4.69, 9.17) is 0 Å². The smallest absolute Gasteiger partial charge is 0.214 e. The van der Waals surface area contributed by atoms with E-state index in [-0.39, 0.29) is 0 Å². The van der Waals surface area contributed by atoms with Gasteiger partial charge in [-0.15, -0.1) is 0 Å². The monoisotopic (exact) mass is 375 g/mol. The van der Waals surface area contributed by atoms with Crippen LogP contribution in [-0.4, -0.2) is 19.2 Å². The first-order chi connectivity index (χ1) is 12.2. The van der Waals surface area contributed by atoms with Crippen LogP contribution in [0.1, 0.15) is 45.6 Å². The summed E-state index contributed by atoms with van der Waals surface area (Å²) in [6.45, 7) is 4.90. The molecule has 5 heteroatoms. The third-order valence-corrected chi connectivity index (χ3v) is 7.49. The number of hydrogen-bond donors (Lipinski definition) is 1. The molecule has 2 aromatic rings. The van der Waals surface area contributed by atoms with E-state index in [1.54, 1.807) is 32.9 Å². The number of alkyl halides is 1. The average molecular weight is 376 g/mol. The molecule has 1 fully saturated rings. The van der Waals surface area contributed by atoms with Crippen molar-refractivity contribution in [3.63, 3.8) is 0 Å². The molecule has 1 aliphatic carbocycles. The third-order valence-electron chi connectivity index (χ3n) is 5.51. The van der Waals surface area contributed by atoms with Crippen molar-refractivity contribution in [3.8, 4) is 11.1 Å². The van der Waals surface area contributed by atoms with Gasteiger partial charge in [-0.1, -0.05) is 54.6 Å². The third kappa shape index (κ3) is 3.30. The maximum Gasteiger partial charge on any atom is 0.214 e. The molecule has 2 atom stereocenters. The van der Waals surface area contributed by atoms with Gasteiger partial charge in [-0.05, 0) is 56.7 Å². The van der Waals surface area contributed by atoms with Gasteiger partial charge < -0.3 is 0 Å². The maximum atomic E-state index is 16.1. The molecule has 3 rings (SSSR count). The minimum Gasteiger partial charge on any atom is -0.237 e. The zero-order chi connectivity index (χ0) is 19.0. The fourth-order valence-electron chi connectivity index (χ4n) is 3.74. The van der Waals surface area contributed by atoms with Crippen LogP contribution in [0.4, 0.5) is 4.39 Å². The molecule has 3 nitrogen and oxygen atoms in total.